The summed E-state index contributed by atoms with van der Waals surface area (Å²) < 4.78 is 31.5. The van der Waals surface area contributed by atoms with Crippen LogP contribution in [0.3, 0.4) is 0 Å². The van der Waals surface area contributed by atoms with Crippen LogP contribution in [0.25, 0.3) is 0 Å². The fourth-order valence-corrected chi connectivity index (χ4v) is 2.32. The van der Waals surface area contributed by atoms with Gasteiger partial charge >= 0.3 is 10.4 Å². The van der Waals surface area contributed by atoms with Crippen LogP contribution in [0, 0.1) is 5.92 Å². The van der Waals surface area contributed by atoms with Gasteiger partial charge in [-0.3, -0.25) is 0 Å². The van der Waals surface area contributed by atoms with Gasteiger partial charge in [0.1, 0.15) is 0 Å². The number of hydrogen-bond donors (Lipinski definition) is 0. The second-order valence-electron chi connectivity index (χ2n) is 4.32. The molecule has 0 radical (unpaired) electrons. The van der Waals surface area contributed by atoms with Crippen molar-refractivity contribution in [2.45, 2.75) is 59.3 Å². The number of unbranched alkanes of at least 4 members (excludes halogenated alkanes) is 2. The van der Waals surface area contributed by atoms with Gasteiger partial charge in [-0.15, -0.1) is 0 Å². The van der Waals surface area contributed by atoms with Crippen LogP contribution < -0.4 is 0 Å². The van der Waals surface area contributed by atoms with Gasteiger partial charge in [0, 0.05) is 0 Å². The third kappa shape index (κ3) is 9.82. The Labute approximate surface area is 111 Å². The first-order valence-corrected chi connectivity index (χ1v) is 8.09. The van der Waals surface area contributed by atoms with E-state index in [1.54, 1.807) is 6.92 Å². The molecule has 0 saturated carbocycles. The molecule has 0 rings (SSSR count). The van der Waals surface area contributed by atoms with Crippen LogP contribution in [-0.4, -0.2) is 21.6 Å². The summed E-state index contributed by atoms with van der Waals surface area (Å²) in [5.74, 6) is 0.265. The zero-order valence-electron chi connectivity index (χ0n) is 11.7. The van der Waals surface area contributed by atoms with Gasteiger partial charge in [0.2, 0.25) is 0 Å². The highest BCUT2D eigenvalue weighted by molar-refractivity contribution is 7.81. The standard InChI is InChI=1S/C12H26O5S/c1-4-7-8-10-12(9-5-2)11-16-18(13,14)17-15-6-3/h12H,4-11H2,1-3H3. The van der Waals surface area contributed by atoms with E-state index in [0.717, 1.165) is 32.1 Å². The fourth-order valence-electron chi connectivity index (χ4n) is 1.71. The van der Waals surface area contributed by atoms with Crippen LogP contribution in [0.5, 0.6) is 0 Å². The molecule has 6 heteroatoms. The molecule has 0 aromatic carbocycles. The Balaban J connectivity index is 4.00. The SMILES string of the molecule is CCCCCC(CCC)COS(=O)(=O)OOCC. The first-order chi connectivity index (χ1) is 8.55. The summed E-state index contributed by atoms with van der Waals surface area (Å²) in [5.41, 5.74) is 0. The van der Waals surface area contributed by atoms with Crippen molar-refractivity contribution in [1.29, 1.82) is 0 Å². The molecule has 0 bridgehead atoms. The van der Waals surface area contributed by atoms with Gasteiger partial charge < -0.3 is 0 Å². The van der Waals surface area contributed by atoms with E-state index in [0.29, 0.717) is 0 Å². The molecular formula is C12H26O5S. The van der Waals surface area contributed by atoms with Crippen molar-refractivity contribution in [3.8, 4) is 0 Å². The Bertz CT molecular complexity index is 276. The summed E-state index contributed by atoms with van der Waals surface area (Å²) in [6, 6.07) is 0. The first-order valence-electron chi connectivity index (χ1n) is 6.76. The van der Waals surface area contributed by atoms with Crippen LogP contribution in [0.4, 0.5) is 0 Å². The van der Waals surface area contributed by atoms with Crippen molar-refractivity contribution in [3.05, 3.63) is 0 Å². The Morgan fingerprint density at radius 2 is 1.72 bits per heavy atom. The molecule has 0 aromatic rings. The highest BCUT2D eigenvalue weighted by Gasteiger charge is 2.17. The smallest absolute Gasteiger partial charge is 0.246 e. The van der Waals surface area contributed by atoms with E-state index in [1.165, 1.54) is 6.42 Å². The minimum Gasteiger partial charge on any atom is -0.246 e. The molecule has 0 saturated heterocycles. The van der Waals surface area contributed by atoms with Gasteiger partial charge in [-0.1, -0.05) is 43.9 Å². The molecule has 1 unspecified atom stereocenters. The Kier molecular flexibility index (Phi) is 10.6. The average molecular weight is 282 g/mol. The number of rotatable bonds is 12. The third-order valence-corrected chi connectivity index (χ3v) is 3.30. The molecule has 5 nitrogen and oxygen atoms in total. The van der Waals surface area contributed by atoms with Crippen molar-refractivity contribution in [2.24, 2.45) is 5.92 Å². The molecular weight excluding hydrogens is 256 g/mol. The van der Waals surface area contributed by atoms with Gasteiger partial charge in [-0.25, -0.2) is 9.07 Å². The monoisotopic (exact) mass is 282 g/mol. The molecule has 0 heterocycles. The molecule has 0 spiro atoms. The van der Waals surface area contributed by atoms with Crippen molar-refractivity contribution in [3.63, 3.8) is 0 Å². The summed E-state index contributed by atoms with van der Waals surface area (Å²) in [7, 11) is -4.01. The summed E-state index contributed by atoms with van der Waals surface area (Å²) in [4.78, 5) is 4.38. The maximum Gasteiger partial charge on any atom is 0.426 e. The van der Waals surface area contributed by atoms with Gasteiger partial charge in [0.15, 0.2) is 0 Å². The Morgan fingerprint density at radius 3 is 2.28 bits per heavy atom. The molecule has 0 N–H and O–H groups in total. The van der Waals surface area contributed by atoms with Crippen molar-refractivity contribution in [2.75, 3.05) is 13.2 Å². The highest BCUT2D eigenvalue weighted by atomic mass is 32.3. The largest absolute Gasteiger partial charge is 0.426 e. The van der Waals surface area contributed by atoms with E-state index in [9.17, 15) is 8.42 Å². The molecule has 0 aromatic heterocycles. The Morgan fingerprint density at radius 1 is 1.00 bits per heavy atom. The van der Waals surface area contributed by atoms with Crippen LogP contribution >= 0.6 is 0 Å². The minimum absolute atomic E-state index is 0.164. The van der Waals surface area contributed by atoms with Crippen LogP contribution in [0.2, 0.25) is 0 Å². The molecule has 0 fully saturated rings. The van der Waals surface area contributed by atoms with E-state index in [4.69, 9.17) is 4.18 Å². The lowest BCUT2D eigenvalue weighted by Crippen LogP contribution is -2.17. The molecule has 0 aliphatic carbocycles. The van der Waals surface area contributed by atoms with E-state index < -0.39 is 10.4 Å². The van der Waals surface area contributed by atoms with E-state index in [-0.39, 0.29) is 19.1 Å². The minimum atomic E-state index is -4.01. The second-order valence-corrected chi connectivity index (χ2v) is 5.51. The van der Waals surface area contributed by atoms with Crippen molar-refractivity contribution >= 4 is 10.4 Å². The van der Waals surface area contributed by atoms with Gasteiger partial charge in [0.25, 0.3) is 0 Å². The quantitative estimate of drug-likeness (QED) is 0.312. The maximum absolute atomic E-state index is 11.3. The van der Waals surface area contributed by atoms with Crippen molar-refractivity contribution < 1.29 is 21.8 Å². The normalized spacial score (nSPS) is 13.7. The molecule has 0 aliphatic rings. The lowest BCUT2D eigenvalue weighted by atomic mass is 9.98. The van der Waals surface area contributed by atoms with Crippen LogP contribution in [0.15, 0.2) is 0 Å². The predicted molar refractivity (Wildman–Crippen MR) is 70.1 cm³/mol. The molecule has 18 heavy (non-hydrogen) atoms. The number of hydrogen-bond acceptors (Lipinski definition) is 5. The zero-order valence-corrected chi connectivity index (χ0v) is 12.5. The topological polar surface area (TPSA) is 61.8 Å². The van der Waals surface area contributed by atoms with Gasteiger partial charge in [-0.2, -0.15) is 8.42 Å². The van der Waals surface area contributed by atoms with Crippen molar-refractivity contribution in [1.82, 2.24) is 0 Å². The second kappa shape index (κ2) is 10.7. The van der Waals surface area contributed by atoms with Gasteiger partial charge in [0.05, 0.1) is 13.2 Å². The summed E-state index contributed by atoms with van der Waals surface area (Å²) >= 11 is 0. The van der Waals surface area contributed by atoms with Crippen LogP contribution in [0.1, 0.15) is 59.3 Å². The average Bonchev–Trinajstić information content (AvgIpc) is 2.34. The first kappa shape index (κ1) is 17.8. The summed E-state index contributed by atoms with van der Waals surface area (Å²) in [6.45, 7) is 6.20. The fraction of sp³-hybridized carbons (Fsp3) is 1.00. The maximum atomic E-state index is 11.3. The van der Waals surface area contributed by atoms with Crippen LogP contribution in [-0.2, 0) is 23.8 Å². The lowest BCUT2D eigenvalue weighted by molar-refractivity contribution is -0.205. The lowest BCUT2D eigenvalue weighted by Gasteiger charge is -2.15. The predicted octanol–water partition coefficient (Wildman–Crippen LogP) is 3.21. The van der Waals surface area contributed by atoms with E-state index in [1.807, 2.05) is 0 Å². The highest BCUT2D eigenvalue weighted by Crippen LogP contribution is 2.17. The molecule has 0 aliphatic heterocycles. The molecule has 1 atom stereocenters. The summed E-state index contributed by atoms with van der Waals surface area (Å²) in [5, 5.41) is 0. The Hall–Kier alpha value is -0.170. The molecule has 0 amide bonds. The van der Waals surface area contributed by atoms with E-state index >= 15 is 0 Å². The third-order valence-electron chi connectivity index (χ3n) is 2.61. The zero-order chi connectivity index (χ0) is 13.9. The van der Waals surface area contributed by atoms with Gasteiger partial charge in [-0.05, 0) is 25.7 Å². The molecule has 110 valence electrons. The van der Waals surface area contributed by atoms with E-state index in [2.05, 4.69) is 23.1 Å². The summed E-state index contributed by atoms with van der Waals surface area (Å²) in [6.07, 6.45) is 6.41.